The van der Waals surface area contributed by atoms with E-state index in [2.05, 4.69) is 48.2 Å². The minimum atomic E-state index is -1.81. The molecule has 6 fully saturated rings. The molecule has 34 heteroatoms. The summed E-state index contributed by atoms with van der Waals surface area (Å²) in [4.78, 5) is 195. The van der Waals surface area contributed by atoms with Crippen molar-refractivity contribution in [2.45, 2.75) is 269 Å². The fourth-order valence-electron chi connectivity index (χ4n) is 19.3. The molecule has 34 nitrogen and oxygen atoms in total. The SMILES string of the molecule is CC(C)[C@@H]1OC(=O)C2(/C=C/c3ccc4ccc(nc4c3)[C@@H](C)NC(=O)[C@@H]3CCCN(N3)C(=O)[C@H](Cc3cc4nc5cc(ccc35)/C=C/C3(CCC(O)CC3)C(=O)O[C@@H](C(C)Cc3cc5cc6nc(ccc36)[C@@H](C)NC(=O)[C@@H]3CCCN(N3)C(=O)[C@H](C)NC(=O)[C@@H](C(C)C)OC(=O)[C@]3(/C=C/5)CC[C@H](O)CC3)C(=O)N[C@@H](C)C(=O)N3CCCC(C)(N3)C(=O)N[C@@H]4C)NC1=O)COCCO2. The fourth-order valence-corrected chi connectivity index (χ4v) is 19.3. The highest BCUT2D eigenvalue weighted by Gasteiger charge is 2.50. The Morgan fingerprint density at radius 3 is 1.52 bits per heavy atom. The molecule has 9 aliphatic rings. The number of pyridine rings is 3. The molecule has 6 aromatic rings. The number of esters is 3. The maximum atomic E-state index is 16.0. The number of hydrogen-bond acceptors (Lipinski definition) is 25. The topological polar surface area (TPSA) is 448 Å². The van der Waals surface area contributed by atoms with Crippen LogP contribution in [-0.2, 0) is 94.1 Å². The van der Waals surface area contributed by atoms with Gasteiger partial charge >= 0.3 is 17.9 Å². The van der Waals surface area contributed by atoms with Gasteiger partial charge in [0.05, 0.1) is 94.6 Å². The number of hydrazine groups is 3. The summed E-state index contributed by atoms with van der Waals surface area (Å²) in [6.45, 7) is 19.0. The quantitative estimate of drug-likeness (QED) is 0.0560. The lowest BCUT2D eigenvalue weighted by atomic mass is 9.72. The van der Waals surface area contributed by atoms with Crippen LogP contribution in [0.25, 0.3) is 50.9 Å². The summed E-state index contributed by atoms with van der Waals surface area (Å²) in [5.74, 6) is -10.0. The minimum Gasteiger partial charge on any atom is -0.451 e. The predicted molar refractivity (Wildman–Crippen MR) is 487 cm³/mol. The van der Waals surface area contributed by atoms with E-state index in [-0.39, 0.29) is 110 Å². The van der Waals surface area contributed by atoms with Crippen molar-refractivity contribution in [1.82, 2.24) is 78.2 Å². The zero-order chi connectivity index (χ0) is 94.0. The van der Waals surface area contributed by atoms with Gasteiger partial charge in [-0.1, -0.05) is 107 Å². The molecule has 15 bridgehead atoms. The molecule has 0 radical (unpaired) electrons. The molecule has 3 aromatic carbocycles. The van der Waals surface area contributed by atoms with Gasteiger partial charge in [-0.15, -0.1) is 0 Å². The molecule has 704 valence electrons. The van der Waals surface area contributed by atoms with Gasteiger partial charge in [0, 0.05) is 48.1 Å². The number of ether oxygens (including phenoxy) is 5. The van der Waals surface area contributed by atoms with Gasteiger partial charge in [0.1, 0.15) is 35.7 Å². The molecule has 132 heavy (non-hydrogen) atoms. The summed E-state index contributed by atoms with van der Waals surface area (Å²) in [5, 5.41) is 46.0. The summed E-state index contributed by atoms with van der Waals surface area (Å²) in [6, 6.07) is 15.9. The highest BCUT2D eigenvalue weighted by molar-refractivity contribution is 5.97. The first-order valence-corrected chi connectivity index (χ1v) is 46.6. The van der Waals surface area contributed by atoms with Crippen LogP contribution in [0.5, 0.6) is 0 Å². The molecule has 3 aromatic heterocycles. The first-order chi connectivity index (χ1) is 63.0. The standard InChI is InChI=1S/C98H123N15O19/c1-53(2)80-85(118)101-59(9)88(121)111-40-12-15-73(108-111)83(116)100-57(7)72-24-22-70-65(46-63(49-78(70)105-72)26-34-97(92(125)130-80)37-30-68(115)31-38-97)45-55(5)82-87(120)102-60(10)89(122)113-42-14-32-95(11,110-113)91(124)103-58(8)75-50-66(69-21-18-62(48-77(69)106-75)25-33-96(93(126)132-82)35-28-67(114)29-36-96)51-79-90(123)112-41-13-16-74(109-112)84(117)99-56(6)71-23-20-64-19-17-61(47-76(64)104-71)27-39-98(52-128-43-44-129-98)94(127)131-81(54(3)4)86(119)107-79/h17-27,33-34,39,46-50,53-60,67-68,73-74,79-82,108-110,114-115H,12-16,28-32,35-38,40-45,51-52H2,1-11H3,(H,99,117)(H,100,116)(H,101,118)(H,102,120)(H,103,124)(H,107,119)/b33-25+,34-26+,39-27+/t55?,56-,57-,58-,59+,60+,67?,68-,73+,74+,79+,80-,81+,82+,95?,96?,97+,98?/m1/s1. The summed E-state index contributed by atoms with van der Waals surface area (Å²) in [7, 11) is 0. The average molecular weight is 1820 g/mol. The van der Waals surface area contributed by atoms with Crippen LogP contribution < -0.4 is 48.2 Å². The molecule has 2 saturated carbocycles. The predicted octanol–water partition coefficient (Wildman–Crippen LogP) is 7.11. The zero-order valence-electron chi connectivity index (χ0n) is 76.8. The molecule has 3 spiro atoms. The van der Waals surface area contributed by atoms with Gasteiger partial charge in [-0.3, -0.25) is 82.7 Å². The third-order valence-electron chi connectivity index (χ3n) is 27.5. The number of nitrogens with zero attached hydrogens (tertiary/aromatic N) is 6. The van der Waals surface area contributed by atoms with Gasteiger partial charge in [-0.2, -0.15) is 0 Å². The number of rotatable bonds is 7. The number of aromatic nitrogens is 3. The second-order valence-electron chi connectivity index (χ2n) is 38.4. The third kappa shape index (κ3) is 20.8. The van der Waals surface area contributed by atoms with Crippen LogP contribution in [0.15, 0.2) is 97.1 Å². The fraction of sp³-hybridized carbons (Fsp3) is 0.541. The zero-order valence-corrected chi connectivity index (χ0v) is 76.8. The Labute approximate surface area is 766 Å². The van der Waals surface area contributed by atoms with Crippen molar-refractivity contribution in [2.24, 2.45) is 28.6 Å². The Balaban J connectivity index is 0.792. The number of benzene rings is 3. The second kappa shape index (κ2) is 39.7. The molecule has 14 atom stereocenters. The molecular weight excluding hydrogens is 1690 g/mol. The van der Waals surface area contributed by atoms with Gasteiger partial charge in [-0.05, 0) is 220 Å². The molecule has 11 N–H and O–H groups in total. The lowest BCUT2D eigenvalue weighted by Crippen LogP contribution is -2.67. The van der Waals surface area contributed by atoms with Crippen molar-refractivity contribution >= 4 is 122 Å². The van der Waals surface area contributed by atoms with Crippen LogP contribution in [0, 0.1) is 28.6 Å². The molecule has 9 amide bonds. The lowest BCUT2D eigenvalue weighted by molar-refractivity contribution is -0.195. The van der Waals surface area contributed by atoms with Gasteiger partial charge < -0.3 is 65.8 Å². The van der Waals surface area contributed by atoms with Crippen LogP contribution in [0.2, 0.25) is 0 Å². The van der Waals surface area contributed by atoms with Crippen LogP contribution in [-0.4, -0.2) is 223 Å². The smallest absolute Gasteiger partial charge is 0.345 e. The average Bonchev–Trinajstić information content (AvgIpc) is 0.837. The summed E-state index contributed by atoms with van der Waals surface area (Å²) in [5.41, 5.74) is 8.79. The Hall–Kier alpha value is -11.5. The second-order valence-corrected chi connectivity index (χ2v) is 38.4. The van der Waals surface area contributed by atoms with Crippen LogP contribution >= 0.6 is 0 Å². The number of cyclic esters (lactones) is 3. The third-order valence-corrected chi connectivity index (χ3v) is 27.5. The lowest BCUT2D eigenvalue weighted by Gasteiger charge is -2.41. The highest BCUT2D eigenvalue weighted by atomic mass is 16.6. The van der Waals surface area contributed by atoms with E-state index in [9.17, 15) is 34.2 Å². The summed E-state index contributed by atoms with van der Waals surface area (Å²) >= 11 is 0. The number of hydrogen-bond donors (Lipinski definition) is 11. The number of aliphatic hydroxyl groups is 2. The van der Waals surface area contributed by atoms with E-state index in [1.54, 1.807) is 122 Å². The Bertz CT molecular complexity index is 5560. The number of fused-ring (bicyclic) bond motifs is 12. The minimum absolute atomic E-state index is 0.000366. The Morgan fingerprint density at radius 1 is 0.447 bits per heavy atom. The first-order valence-electron chi connectivity index (χ1n) is 46.6. The van der Waals surface area contributed by atoms with E-state index in [0.717, 1.165) is 5.39 Å². The Morgan fingerprint density at radius 2 is 0.917 bits per heavy atom. The highest BCUT2D eigenvalue weighted by Crippen LogP contribution is 2.44. The molecule has 4 saturated heterocycles. The van der Waals surface area contributed by atoms with Gasteiger partial charge in [0.25, 0.3) is 35.4 Å². The van der Waals surface area contributed by atoms with Crippen molar-refractivity contribution < 1.29 is 91.4 Å². The number of carbonyl (C=O) groups is 12. The first kappa shape index (κ1) is 95.1. The van der Waals surface area contributed by atoms with Crippen LogP contribution in [0.1, 0.15) is 229 Å². The monoisotopic (exact) mass is 1810 g/mol. The molecule has 15 rings (SSSR count). The maximum Gasteiger partial charge on any atom is 0.345 e. The molecule has 7 aliphatic heterocycles. The van der Waals surface area contributed by atoms with Crippen molar-refractivity contribution in [1.29, 1.82) is 0 Å². The molecular formula is C98H123N15O19. The van der Waals surface area contributed by atoms with E-state index in [0.29, 0.717) is 104 Å². The van der Waals surface area contributed by atoms with E-state index >= 15 is 33.6 Å². The maximum absolute atomic E-state index is 16.0. The number of aliphatic hydroxyl groups excluding tert-OH is 2. The van der Waals surface area contributed by atoms with E-state index in [1.165, 1.54) is 28.9 Å². The molecule has 2 aliphatic carbocycles. The van der Waals surface area contributed by atoms with E-state index in [4.69, 9.17) is 38.6 Å². The summed E-state index contributed by atoms with van der Waals surface area (Å²) < 4.78 is 31.3. The van der Waals surface area contributed by atoms with Crippen molar-refractivity contribution in [3.63, 3.8) is 0 Å². The Kier molecular flexibility index (Phi) is 28.6. The van der Waals surface area contributed by atoms with E-state index < -0.39 is 190 Å². The normalized spacial score (nSPS) is 32.0. The van der Waals surface area contributed by atoms with Gasteiger partial charge in [0.15, 0.2) is 18.3 Å². The van der Waals surface area contributed by atoms with Gasteiger partial charge in [0.2, 0.25) is 23.3 Å². The number of amides is 9. The van der Waals surface area contributed by atoms with Gasteiger partial charge in [-0.25, -0.2) is 21.1 Å². The van der Waals surface area contributed by atoms with Crippen molar-refractivity contribution in [2.75, 3.05) is 39.5 Å². The summed E-state index contributed by atoms with van der Waals surface area (Å²) in [6.07, 6.45) is 7.22. The van der Waals surface area contributed by atoms with Crippen LogP contribution in [0.3, 0.4) is 0 Å². The number of carbonyl (C=O) groups excluding carboxylic acids is 12. The number of nitrogens with one attached hydrogen (secondary N) is 9. The largest absolute Gasteiger partial charge is 0.451 e. The van der Waals surface area contributed by atoms with Crippen LogP contribution in [0.4, 0.5) is 0 Å². The molecule has 10 heterocycles. The molecule has 3 unspecified atom stereocenters. The van der Waals surface area contributed by atoms with Crippen molar-refractivity contribution in [3.05, 3.63) is 142 Å². The van der Waals surface area contributed by atoms with Crippen molar-refractivity contribution in [3.8, 4) is 0 Å². The van der Waals surface area contributed by atoms with E-state index in [1.807, 2.05) is 55.5 Å².